The van der Waals surface area contributed by atoms with E-state index in [-0.39, 0.29) is 0 Å². The van der Waals surface area contributed by atoms with Gasteiger partial charge in [-0.3, -0.25) is 4.79 Å². The largest absolute Gasteiger partial charge is 0.497 e. The molecule has 2 aromatic carbocycles. The molecule has 0 saturated heterocycles. The summed E-state index contributed by atoms with van der Waals surface area (Å²) in [5.41, 5.74) is -0.406. The summed E-state index contributed by atoms with van der Waals surface area (Å²) in [7, 11) is 1.54. The van der Waals surface area contributed by atoms with Gasteiger partial charge in [0.15, 0.2) is 11.7 Å². The summed E-state index contributed by atoms with van der Waals surface area (Å²) in [4.78, 5) is 11.9. The fourth-order valence-electron chi connectivity index (χ4n) is 2.62. The Kier molecular flexibility index (Phi) is 3.16. The fourth-order valence-corrected chi connectivity index (χ4v) is 2.62. The van der Waals surface area contributed by atoms with Crippen LogP contribution in [-0.4, -0.2) is 29.3 Å². The Hall–Kier alpha value is -2.37. The normalized spacial score (nSPS) is 24.1. The van der Waals surface area contributed by atoms with E-state index in [1.807, 2.05) is 0 Å². The number of fused-ring (bicyclic) bond motifs is 1. The van der Waals surface area contributed by atoms with Crippen LogP contribution in [0.1, 0.15) is 11.1 Å². The minimum Gasteiger partial charge on any atom is -0.497 e. The van der Waals surface area contributed by atoms with E-state index in [4.69, 9.17) is 4.74 Å². The van der Waals surface area contributed by atoms with E-state index in [0.29, 0.717) is 22.6 Å². The molecule has 0 fully saturated rings. The zero-order valence-electron chi connectivity index (χ0n) is 11.4. The number of para-hydroxylation sites is 1. The van der Waals surface area contributed by atoms with E-state index < -0.39 is 17.6 Å². The van der Waals surface area contributed by atoms with Crippen LogP contribution in [0.2, 0.25) is 0 Å². The molecule has 3 rings (SSSR count). The second kappa shape index (κ2) is 4.87. The third kappa shape index (κ3) is 1.98. The van der Waals surface area contributed by atoms with Crippen LogP contribution in [-0.2, 0) is 10.4 Å². The third-order valence-corrected chi connectivity index (χ3v) is 3.77. The Labute approximate surface area is 121 Å². The van der Waals surface area contributed by atoms with Crippen LogP contribution in [0.3, 0.4) is 0 Å². The average molecular weight is 285 g/mol. The van der Waals surface area contributed by atoms with Crippen molar-refractivity contribution in [3.63, 3.8) is 0 Å². The number of amides is 1. The molecule has 3 N–H and O–H groups in total. The molecule has 0 radical (unpaired) electrons. The Balaban J connectivity index is 2.18. The highest BCUT2D eigenvalue weighted by molar-refractivity contribution is 5.99. The SMILES string of the molecule is COc1ccc([C@@]2(O)c3ccccc3NC(=O)[C@H]2O)cc1. The first-order valence-electron chi connectivity index (χ1n) is 6.52. The molecule has 1 aliphatic rings. The van der Waals surface area contributed by atoms with Crippen molar-refractivity contribution in [2.75, 3.05) is 12.4 Å². The summed E-state index contributed by atoms with van der Waals surface area (Å²) in [6.07, 6.45) is -1.58. The molecular formula is C16H15NO4. The summed E-state index contributed by atoms with van der Waals surface area (Å²) in [5, 5.41) is 23.9. The van der Waals surface area contributed by atoms with Crippen molar-refractivity contribution in [2.45, 2.75) is 11.7 Å². The lowest BCUT2D eigenvalue weighted by Gasteiger charge is -2.38. The second-order valence-electron chi connectivity index (χ2n) is 4.93. The number of hydrogen-bond donors (Lipinski definition) is 3. The number of methoxy groups -OCH3 is 1. The fraction of sp³-hybridized carbons (Fsp3) is 0.188. The van der Waals surface area contributed by atoms with Gasteiger partial charge in [0.2, 0.25) is 0 Å². The molecule has 0 aliphatic carbocycles. The van der Waals surface area contributed by atoms with Crippen molar-refractivity contribution >= 4 is 11.6 Å². The first-order valence-corrected chi connectivity index (χ1v) is 6.52. The Morgan fingerprint density at radius 1 is 1.14 bits per heavy atom. The van der Waals surface area contributed by atoms with Crippen LogP contribution in [0, 0.1) is 0 Å². The summed E-state index contributed by atoms with van der Waals surface area (Å²) >= 11 is 0. The molecule has 0 spiro atoms. The minimum absolute atomic E-state index is 0.429. The predicted molar refractivity (Wildman–Crippen MR) is 77.1 cm³/mol. The summed E-state index contributed by atoms with van der Waals surface area (Å²) < 4.78 is 5.08. The zero-order valence-corrected chi connectivity index (χ0v) is 11.4. The van der Waals surface area contributed by atoms with E-state index >= 15 is 0 Å². The van der Waals surface area contributed by atoms with Crippen LogP contribution in [0.4, 0.5) is 5.69 Å². The lowest BCUT2D eigenvalue weighted by molar-refractivity contribution is -0.138. The molecule has 0 aromatic heterocycles. The van der Waals surface area contributed by atoms with E-state index in [1.54, 1.807) is 55.6 Å². The number of carbonyl (C=O) groups is 1. The van der Waals surface area contributed by atoms with Crippen molar-refractivity contribution in [1.29, 1.82) is 0 Å². The maximum atomic E-state index is 11.9. The number of anilines is 1. The molecule has 1 heterocycles. The Bertz CT molecular complexity index is 683. The number of aliphatic hydroxyl groups is 2. The van der Waals surface area contributed by atoms with Gasteiger partial charge in [-0.15, -0.1) is 0 Å². The van der Waals surface area contributed by atoms with Crippen molar-refractivity contribution in [3.05, 3.63) is 59.7 Å². The maximum Gasteiger partial charge on any atom is 0.256 e. The summed E-state index contributed by atoms with van der Waals surface area (Å²) in [5.74, 6) is -0.00240. The lowest BCUT2D eigenvalue weighted by atomic mass is 9.78. The van der Waals surface area contributed by atoms with E-state index in [9.17, 15) is 15.0 Å². The number of rotatable bonds is 2. The highest BCUT2D eigenvalue weighted by Crippen LogP contribution is 2.41. The molecule has 1 aliphatic heterocycles. The molecule has 21 heavy (non-hydrogen) atoms. The average Bonchev–Trinajstić information content (AvgIpc) is 2.53. The number of ether oxygens (including phenoxy) is 1. The van der Waals surface area contributed by atoms with E-state index in [2.05, 4.69) is 5.32 Å². The summed E-state index contributed by atoms with van der Waals surface area (Å²) in [6, 6.07) is 13.5. The number of benzene rings is 2. The number of aliphatic hydroxyl groups excluding tert-OH is 1. The number of nitrogens with one attached hydrogen (secondary N) is 1. The van der Waals surface area contributed by atoms with Crippen LogP contribution < -0.4 is 10.1 Å². The molecule has 2 atom stereocenters. The van der Waals surface area contributed by atoms with Crippen LogP contribution in [0.15, 0.2) is 48.5 Å². The van der Waals surface area contributed by atoms with Crippen molar-refractivity contribution in [2.24, 2.45) is 0 Å². The molecule has 0 saturated carbocycles. The van der Waals surface area contributed by atoms with Gasteiger partial charge in [-0.2, -0.15) is 0 Å². The van der Waals surface area contributed by atoms with Gasteiger partial charge >= 0.3 is 0 Å². The van der Waals surface area contributed by atoms with Gasteiger partial charge in [-0.1, -0.05) is 30.3 Å². The molecular weight excluding hydrogens is 270 g/mol. The Morgan fingerprint density at radius 3 is 2.48 bits per heavy atom. The molecule has 0 bridgehead atoms. The van der Waals surface area contributed by atoms with E-state index in [1.165, 1.54) is 0 Å². The van der Waals surface area contributed by atoms with Gasteiger partial charge < -0.3 is 20.3 Å². The lowest BCUT2D eigenvalue weighted by Crippen LogP contribution is -2.51. The first kappa shape index (κ1) is 13.6. The van der Waals surface area contributed by atoms with Crippen LogP contribution >= 0.6 is 0 Å². The monoisotopic (exact) mass is 285 g/mol. The number of carbonyl (C=O) groups excluding carboxylic acids is 1. The van der Waals surface area contributed by atoms with Gasteiger partial charge in [0.1, 0.15) is 5.75 Å². The van der Waals surface area contributed by atoms with Crippen molar-refractivity contribution in [3.8, 4) is 5.75 Å². The topological polar surface area (TPSA) is 78.8 Å². The smallest absolute Gasteiger partial charge is 0.256 e. The molecule has 108 valence electrons. The second-order valence-corrected chi connectivity index (χ2v) is 4.93. The zero-order chi connectivity index (χ0) is 15.0. The van der Waals surface area contributed by atoms with Gasteiger partial charge in [-0.25, -0.2) is 0 Å². The standard InChI is InChI=1S/C16H15NO4/c1-21-11-8-6-10(7-9-11)16(20)12-4-2-3-5-13(12)17-15(19)14(16)18/h2-9,14,18,20H,1H3,(H,17,19)/t14-,16-/m1/s1. The predicted octanol–water partition coefficient (Wildman–Crippen LogP) is 1.24. The molecule has 0 unspecified atom stereocenters. The maximum absolute atomic E-state index is 11.9. The molecule has 5 heteroatoms. The molecule has 1 amide bonds. The third-order valence-electron chi connectivity index (χ3n) is 3.77. The molecule has 2 aromatic rings. The Morgan fingerprint density at radius 2 is 1.81 bits per heavy atom. The minimum atomic E-state index is -1.79. The van der Waals surface area contributed by atoms with Crippen molar-refractivity contribution in [1.82, 2.24) is 0 Å². The molecule has 5 nitrogen and oxygen atoms in total. The van der Waals surface area contributed by atoms with E-state index in [0.717, 1.165) is 0 Å². The van der Waals surface area contributed by atoms with Crippen LogP contribution in [0.5, 0.6) is 5.75 Å². The quantitative estimate of drug-likeness (QED) is 0.776. The van der Waals surface area contributed by atoms with Gasteiger partial charge in [-0.05, 0) is 23.8 Å². The highest BCUT2D eigenvalue weighted by Gasteiger charge is 2.48. The van der Waals surface area contributed by atoms with Gasteiger partial charge in [0.25, 0.3) is 5.91 Å². The first-order chi connectivity index (χ1) is 10.1. The van der Waals surface area contributed by atoms with Gasteiger partial charge in [0, 0.05) is 11.3 Å². The number of hydrogen-bond acceptors (Lipinski definition) is 4. The summed E-state index contributed by atoms with van der Waals surface area (Å²) in [6.45, 7) is 0. The van der Waals surface area contributed by atoms with Crippen molar-refractivity contribution < 1.29 is 19.7 Å². The van der Waals surface area contributed by atoms with Gasteiger partial charge in [0.05, 0.1) is 7.11 Å². The highest BCUT2D eigenvalue weighted by atomic mass is 16.5. The van der Waals surface area contributed by atoms with Crippen LogP contribution in [0.25, 0.3) is 0 Å².